The number of aromatic carboxylic acids is 1. The van der Waals surface area contributed by atoms with Gasteiger partial charge in [-0.25, -0.2) is 9.18 Å². The summed E-state index contributed by atoms with van der Waals surface area (Å²) in [6.45, 7) is 0. The lowest BCUT2D eigenvalue weighted by molar-refractivity contribution is 0.0696. The summed E-state index contributed by atoms with van der Waals surface area (Å²) in [5, 5.41) is 17.0. The molecule has 2 rings (SSSR count). The molecular weight excluding hydrogens is 257 g/mol. The van der Waals surface area contributed by atoms with Crippen LogP contribution >= 0.6 is 11.8 Å². The number of hydrogen-bond donors (Lipinski definition) is 1. The Morgan fingerprint density at radius 1 is 1.56 bits per heavy atom. The van der Waals surface area contributed by atoms with Gasteiger partial charge in [0.05, 0.1) is 5.56 Å². The first-order chi connectivity index (χ1) is 8.58. The Bertz CT molecular complexity index is 585. The molecule has 5 nitrogen and oxygen atoms in total. The van der Waals surface area contributed by atoms with Gasteiger partial charge in [-0.15, -0.1) is 10.2 Å². The lowest BCUT2D eigenvalue weighted by atomic mass is 10.1. The van der Waals surface area contributed by atoms with E-state index in [1.54, 1.807) is 17.9 Å². The van der Waals surface area contributed by atoms with Gasteiger partial charge in [0.2, 0.25) is 0 Å². The van der Waals surface area contributed by atoms with E-state index in [1.807, 2.05) is 0 Å². The summed E-state index contributed by atoms with van der Waals surface area (Å²) in [6.07, 6.45) is 1.56. The maximum absolute atomic E-state index is 13.6. The zero-order chi connectivity index (χ0) is 13.1. The number of benzene rings is 1. The third kappa shape index (κ3) is 2.67. The van der Waals surface area contributed by atoms with Crippen molar-refractivity contribution in [2.24, 2.45) is 7.05 Å². The van der Waals surface area contributed by atoms with Crippen molar-refractivity contribution in [1.82, 2.24) is 14.8 Å². The molecule has 0 fully saturated rings. The number of hydrogen-bond acceptors (Lipinski definition) is 4. The van der Waals surface area contributed by atoms with Gasteiger partial charge in [-0.1, -0.05) is 17.8 Å². The van der Waals surface area contributed by atoms with Gasteiger partial charge in [-0.05, 0) is 17.7 Å². The molecule has 1 aromatic carbocycles. The molecule has 2 aromatic rings. The molecule has 0 atom stereocenters. The molecule has 94 valence electrons. The van der Waals surface area contributed by atoms with E-state index in [2.05, 4.69) is 10.2 Å². The predicted molar refractivity (Wildman–Crippen MR) is 63.9 cm³/mol. The van der Waals surface area contributed by atoms with Gasteiger partial charge in [-0.3, -0.25) is 0 Å². The van der Waals surface area contributed by atoms with Crippen LogP contribution in [0.3, 0.4) is 0 Å². The maximum atomic E-state index is 13.6. The van der Waals surface area contributed by atoms with Crippen molar-refractivity contribution in [2.75, 3.05) is 0 Å². The fourth-order valence-electron chi connectivity index (χ4n) is 1.34. The molecule has 1 N–H and O–H groups in total. The van der Waals surface area contributed by atoms with E-state index in [9.17, 15) is 9.18 Å². The van der Waals surface area contributed by atoms with E-state index in [-0.39, 0.29) is 5.56 Å². The Morgan fingerprint density at radius 3 is 2.89 bits per heavy atom. The highest BCUT2D eigenvalue weighted by atomic mass is 32.2. The average Bonchev–Trinajstić information content (AvgIpc) is 2.73. The summed E-state index contributed by atoms with van der Waals surface area (Å²) in [4.78, 5) is 10.7. The van der Waals surface area contributed by atoms with E-state index >= 15 is 0 Å². The van der Waals surface area contributed by atoms with Gasteiger partial charge in [-0.2, -0.15) is 0 Å². The highest BCUT2D eigenvalue weighted by Gasteiger charge is 2.10. The third-order valence-electron chi connectivity index (χ3n) is 2.33. The average molecular weight is 267 g/mol. The van der Waals surface area contributed by atoms with Crippen molar-refractivity contribution in [3.63, 3.8) is 0 Å². The van der Waals surface area contributed by atoms with Crippen LogP contribution in [0, 0.1) is 5.82 Å². The number of halogens is 1. The number of thioether (sulfide) groups is 1. The Hall–Kier alpha value is -1.89. The smallest absolute Gasteiger partial charge is 0.335 e. The van der Waals surface area contributed by atoms with E-state index in [0.717, 1.165) is 6.07 Å². The summed E-state index contributed by atoms with van der Waals surface area (Å²) in [6, 6.07) is 3.88. The Morgan fingerprint density at radius 2 is 2.33 bits per heavy atom. The van der Waals surface area contributed by atoms with Crippen molar-refractivity contribution < 1.29 is 14.3 Å². The van der Waals surface area contributed by atoms with Gasteiger partial charge in [0.25, 0.3) is 0 Å². The lowest BCUT2D eigenvalue weighted by Gasteiger charge is -2.03. The normalized spacial score (nSPS) is 10.6. The molecule has 0 unspecified atom stereocenters. The number of carboxylic acids is 1. The number of carbonyl (C=O) groups is 1. The minimum Gasteiger partial charge on any atom is -0.478 e. The molecule has 1 aromatic heterocycles. The van der Waals surface area contributed by atoms with Crippen molar-refractivity contribution in [1.29, 1.82) is 0 Å². The van der Waals surface area contributed by atoms with Crippen molar-refractivity contribution >= 4 is 17.7 Å². The van der Waals surface area contributed by atoms with Crippen molar-refractivity contribution in [3.8, 4) is 0 Å². The topological polar surface area (TPSA) is 68.0 Å². The monoisotopic (exact) mass is 267 g/mol. The summed E-state index contributed by atoms with van der Waals surface area (Å²) < 4.78 is 15.4. The quantitative estimate of drug-likeness (QED) is 0.857. The zero-order valence-electron chi connectivity index (χ0n) is 9.50. The molecular formula is C11H10FN3O2S. The molecule has 0 saturated carbocycles. The van der Waals surface area contributed by atoms with Crippen LogP contribution in [0.1, 0.15) is 15.9 Å². The maximum Gasteiger partial charge on any atom is 0.335 e. The Labute approximate surface area is 107 Å². The second-order valence-electron chi connectivity index (χ2n) is 3.62. The van der Waals surface area contributed by atoms with Crippen LogP contribution in [0.25, 0.3) is 0 Å². The van der Waals surface area contributed by atoms with E-state index < -0.39 is 11.8 Å². The standard InChI is InChI=1S/C11H10FN3O2S/c1-15-6-13-14-11(15)18-5-8-3-2-7(10(16)17)4-9(8)12/h2-4,6H,5H2,1H3,(H,16,17). The summed E-state index contributed by atoms with van der Waals surface area (Å²) in [7, 11) is 1.80. The molecule has 0 bridgehead atoms. The molecule has 0 aliphatic carbocycles. The van der Waals surface area contributed by atoms with Gasteiger partial charge in [0.15, 0.2) is 5.16 Å². The molecule has 0 radical (unpaired) electrons. The molecule has 0 aliphatic heterocycles. The minimum absolute atomic E-state index is 0.0556. The first-order valence-electron chi connectivity index (χ1n) is 5.06. The number of rotatable bonds is 4. The number of carboxylic acid groups (broad SMARTS) is 1. The first kappa shape index (κ1) is 12.6. The number of nitrogens with zero attached hydrogens (tertiary/aromatic N) is 3. The third-order valence-corrected chi connectivity index (χ3v) is 3.41. The molecule has 7 heteroatoms. The van der Waals surface area contributed by atoms with Crippen LogP contribution in [-0.2, 0) is 12.8 Å². The lowest BCUT2D eigenvalue weighted by Crippen LogP contribution is -1.99. The summed E-state index contributed by atoms with van der Waals surface area (Å²) >= 11 is 1.34. The molecule has 0 aliphatic rings. The van der Waals surface area contributed by atoms with Crippen molar-refractivity contribution in [2.45, 2.75) is 10.9 Å². The number of aromatic nitrogens is 3. The molecule has 0 amide bonds. The fourth-order valence-corrected chi connectivity index (χ4v) is 2.22. The second kappa shape index (κ2) is 5.18. The molecule has 0 spiro atoms. The van der Waals surface area contributed by atoms with Gasteiger partial charge >= 0.3 is 5.97 Å². The summed E-state index contributed by atoms with van der Waals surface area (Å²) in [5.74, 6) is -1.29. The first-order valence-corrected chi connectivity index (χ1v) is 6.05. The largest absolute Gasteiger partial charge is 0.478 e. The van der Waals surface area contributed by atoms with Crippen LogP contribution in [0.5, 0.6) is 0 Å². The SMILES string of the molecule is Cn1cnnc1SCc1ccc(C(=O)O)cc1F. The van der Waals surface area contributed by atoms with E-state index in [1.165, 1.54) is 23.9 Å². The highest BCUT2D eigenvalue weighted by molar-refractivity contribution is 7.98. The van der Waals surface area contributed by atoms with Gasteiger partial charge in [0.1, 0.15) is 12.1 Å². The molecule has 0 saturated heterocycles. The van der Waals surface area contributed by atoms with Crippen LogP contribution < -0.4 is 0 Å². The van der Waals surface area contributed by atoms with Crippen LogP contribution in [-0.4, -0.2) is 25.8 Å². The van der Waals surface area contributed by atoms with Crippen LogP contribution in [0.15, 0.2) is 29.7 Å². The van der Waals surface area contributed by atoms with Crippen LogP contribution in [0.4, 0.5) is 4.39 Å². The van der Waals surface area contributed by atoms with Crippen molar-refractivity contribution in [3.05, 3.63) is 41.5 Å². The minimum atomic E-state index is -1.14. The van der Waals surface area contributed by atoms with E-state index in [0.29, 0.717) is 16.5 Å². The summed E-state index contributed by atoms with van der Waals surface area (Å²) in [5.41, 5.74) is 0.382. The molecule has 18 heavy (non-hydrogen) atoms. The molecule has 1 heterocycles. The number of aryl methyl sites for hydroxylation is 1. The van der Waals surface area contributed by atoms with Gasteiger partial charge < -0.3 is 9.67 Å². The van der Waals surface area contributed by atoms with Crippen LogP contribution in [0.2, 0.25) is 0 Å². The fraction of sp³-hybridized carbons (Fsp3) is 0.182. The Kier molecular flexibility index (Phi) is 3.61. The zero-order valence-corrected chi connectivity index (χ0v) is 10.3. The second-order valence-corrected chi connectivity index (χ2v) is 4.57. The van der Waals surface area contributed by atoms with Gasteiger partial charge in [0, 0.05) is 12.8 Å². The Balaban J connectivity index is 2.11. The van der Waals surface area contributed by atoms with E-state index in [4.69, 9.17) is 5.11 Å². The highest BCUT2D eigenvalue weighted by Crippen LogP contribution is 2.22. The predicted octanol–water partition coefficient (Wildman–Crippen LogP) is 1.94.